The average molecular weight is 695 g/mol. The fraction of sp³-hybridized carbons (Fsp3) is 0.417. The summed E-state index contributed by atoms with van der Waals surface area (Å²) in [5.41, 5.74) is 9.13. The molecule has 0 saturated heterocycles. The Kier molecular flexibility index (Phi) is 6.64. The summed E-state index contributed by atoms with van der Waals surface area (Å²) in [6.07, 6.45) is 16.5. The second kappa shape index (κ2) is 11.4. The molecule has 14 rings (SSSR count). The zero-order valence-corrected chi connectivity index (χ0v) is 30.4. The summed E-state index contributed by atoms with van der Waals surface area (Å²) in [4.78, 5) is 20.5. The monoisotopic (exact) mass is 694 g/mol. The molecule has 4 aromatic carbocycles. The minimum Gasteiger partial charge on any atom is -0.436 e. The van der Waals surface area contributed by atoms with E-state index >= 15 is 0 Å². The van der Waals surface area contributed by atoms with Gasteiger partial charge in [0.15, 0.2) is 17.2 Å². The van der Waals surface area contributed by atoms with Crippen LogP contribution in [-0.4, -0.2) is 19.9 Å². The van der Waals surface area contributed by atoms with Gasteiger partial charge in [-0.3, -0.25) is 0 Å². The molecule has 8 saturated carbocycles. The largest absolute Gasteiger partial charge is 0.436 e. The zero-order chi connectivity index (χ0) is 34.7. The highest BCUT2D eigenvalue weighted by atomic mass is 16.3. The van der Waals surface area contributed by atoms with Crippen molar-refractivity contribution < 1.29 is 4.42 Å². The lowest BCUT2D eigenvalue weighted by Crippen LogP contribution is -2.49. The van der Waals surface area contributed by atoms with Gasteiger partial charge in [0.05, 0.1) is 0 Å². The van der Waals surface area contributed by atoms with Gasteiger partial charge in [-0.15, -0.1) is 0 Å². The normalized spacial score (nSPS) is 32.2. The highest BCUT2D eigenvalue weighted by Crippen LogP contribution is 2.62. The van der Waals surface area contributed by atoms with Crippen LogP contribution in [0.3, 0.4) is 0 Å². The van der Waals surface area contributed by atoms with Crippen molar-refractivity contribution in [3.05, 3.63) is 108 Å². The van der Waals surface area contributed by atoms with Crippen molar-refractivity contribution in [1.29, 1.82) is 0 Å². The van der Waals surface area contributed by atoms with Gasteiger partial charge < -0.3 is 4.42 Å². The van der Waals surface area contributed by atoms with Crippen LogP contribution in [-0.2, 0) is 10.8 Å². The molecule has 264 valence electrons. The van der Waals surface area contributed by atoms with E-state index in [1.165, 1.54) is 77.0 Å². The van der Waals surface area contributed by atoms with Gasteiger partial charge in [-0.25, -0.2) is 19.9 Å². The van der Waals surface area contributed by atoms with Gasteiger partial charge in [0.1, 0.15) is 11.3 Å². The molecule has 2 heterocycles. The van der Waals surface area contributed by atoms with E-state index in [9.17, 15) is 0 Å². The van der Waals surface area contributed by atoms with Crippen LogP contribution >= 0.6 is 0 Å². The lowest BCUT2D eigenvalue weighted by atomic mass is 9.48. The van der Waals surface area contributed by atoms with Gasteiger partial charge >= 0.3 is 0 Å². The smallest absolute Gasteiger partial charge is 0.227 e. The van der Waals surface area contributed by atoms with Crippen LogP contribution in [0.4, 0.5) is 0 Å². The first-order chi connectivity index (χ1) is 26.0. The second-order valence-electron chi connectivity index (χ2n) is 18.4. The van der Waals surface area contributed by atoms with E-state index in [0.29, 0.717) is 11.3 Å². The molecule has 8 aliphatic rings. The molecule has 0 spiro atoms. The van der Waals surface area contributed by atoms with Crippen LogP contribution in [0.15, 0.2) is 101 Å². The summed E-state index contributed by atoms with van der Waals surface area (Å²) >= 11 is 0. The Bertz CT molecular complexity index is 2290. The Morgan fingerprint density at radius 2 is 0.925 bits per heavy atom. The van der Waals surface area contributed by atoms with Crippen LogP contribution in [0.1, 0.15) is 88.4 Å². The van der Waals surface area contributed by atoms with E-state index in [2.05, 4.69) is 97.1 Å². The van der Waals surface area contributed by atoms with Crippen molar-refractivity contribution in [1.82, 2.24) is 19.9 Å². The molecule has 0 amide bonds. The van der Waals surface area contributed by atoms with Crippen LogP contribution in [0.2, 0.25) is 0 Å². The Hall–Kier alpha value is -4.64. The van der Waals surface area contributed by atoms with Crippen molar-refractivity contribution >= 4 is 11.1 Å². The summed E-state index contributed by atoms with van der Waals surface area (Å²) in [7, 11) is 0. The molecule has 2 aromatic heterocycles. The van der Waals surface area contributed by atoms with Gasteiger partial charge in [-0.05, 0) is 159 Å². The Labute approximate surface area is 311 Å². The van der Waals surface area contributed by atoms with Gasteiger partial charge in [-0.1, -0.05) is 72.8 Å². The maximum absolute atomic E-state index is 6.43. The highest BCUT2D eigenvalue weighted by molar-refractivity contribution is 5.82. The van der Waals surface area contributed by atoms with E-state index in [0.717, 1.165) is 91.9 Å². The molecule has 0 N–H and O–H groups in total. The van der Waals surface area contributed by atoms with Gasteiger partial charge in [-0.2, -0.15) is 0 Å². The molecule has 5 heteroatoms. The summed E-state index contributed by atoms with van der Waals surface area (Å²) in [6, 6.07) is 34.8. The third-order valence-corrected chi connectivity index (χ3v) is 14.8. The Morgan fingerprint density at radius 1 is 0.434 bits per heavy atom. The number of fused-ring (bicyclic) bond motifs is 1. The first-order valence-corrected chi connectivity index (χ1v) is 20.5. The minimum absolute atomic E-state index is 0.0950. The minimum atomic E-state index is 0.0950. The molecular formula is C48H46N4O. The number of aromatic nitrogens is 4. The third kappa shape index (κ3) is 5.09. The fourth-order valence-electron chi connectivity index (χ4n) is 13.3. The number of hydrogen-bond donors (Lipinski definition) is 0. The van der Waals surface area contributed by atoms with Crippen LogP contribution < -0.4 is 0 Å². The predicted molar refractivity (Wildman–Crippen MR) is 209 cm³/mol. The first-order valence-electron chi connectivity index (χ1n) is 20.5. The highest BCUT2D eigenvalue weighted by Gasteiger charge is 2.54. The van der Waals surface area contributed by atoms with E-state index in [4.69, 9.17) is 24.4 Å². The quantitative estimate of drug-likeness (QED) is 0.174. The molecule has 0 aliphatic heterocycles. The summed E-state index contributed by atoms with van der Waals surface area (Å²) < 4.78 is 6.43. The zero-order valence-electron chi connectivity index (χ0n) is 30.4. The molecule has 8 bridgehead atoms. The summed E-state index contributed by atoms with van der Waals surface area (Å²) in [6.45, 7) is 0. The molecule has 0 radical (unpaired) electrons. The third-order valence-electron chi connectivity index (χ3n) is 14.8. The molecule has 0 unspecified atom stereocenters. The van der Waals surface area contributed by atoms with Crippen LogP contribution in [0.5, 0.6) is 0 Å². The summed E-state index contributed by atoms with van der Waals surface area (Å²) in [5.74, 6) is 8.62. The lowest BCUT2D eigenvalue weighted by Gasteiger charge is -2.57. The van der Waals surface area contributed by atoms with Crippen molar-refractivity contribution in [2.75, 3.05) is 0 Å². The topological polar surface area (TPSA) is 64.7 Å². The molecular weight excluding hydrogens is 649 g/mol. The van der Waals surface area contributed by atoms with Crippen molar-refractivity contribution in [2.45, 2.75) is 87.9 Å². The first kappa shape index (κ1) is 30.8. The van der Waals surface area contributed by atoms with Gasteiger partial charge in [0, 0.05) is 22.1 Å². The standard InChI is InChI=1S/C48H46N4O/c1-2-4-36(5-3-1)43-50-44(52-46(51-43)48-26-32-19-33(27-48)21-34(20-32)28-48)37-8-6-35(7-9-37)39-12-15-41-42(22-39)53-45(49-41)38-10-13-40(14-11-38)47-23-29-16-30(24-47)18-31(17-29)25-47/h1-15,22,29-34H,16-21,23-28H2. The van der Waals surface area contributed by atoms with Crippen molar-refractivity contribution in [3.8, 4) is 45.4 Å². The molecule has 8 aliphatic carbocycles. The second-order valence-corrected chi connectivity index (χ2v) is 18.4. The Balaban J connectivity index is 0.835. The van der Waals surface area contributed by atoms with E-state index < -0.39 is 0 Å². The molecule has 53 heavy (non-hydrogen) atoms. The van der Waals surface area contributed by atoms with E-state index in [1.54, 1.807) is 5.56 Å². The number of nitrogens with zero attached hydrogens (tertiary/aromatic N) is 4. The Morgan fingerprint density at radius 3 is 1.51 bits per heavy atom. The predicted octanol–water partition coefficient (Wildman–Crippen LogP) is 11.6. The van der Waals surface area contributed by atoms with Gasteiger partial charge in [0.25, 0.3) is 0 Å². The summed E-state index contributed by atoms with van der Waals surface area (Å²) in [5, 5.41) is 0. The van der Waals surface area contributed by atoms with Crippen LogP contribution in [0, 0.1) is 35.5 Å². The fourth-order valence-corrected chi connectivity index (χ4v) is 13.3. The van der Waals surface area contributed by atoms with Gasteiger partial charge in [0.2, 0.25) is 5.89 Å². The van der Waals surface area contributed by atoms with E-state index in [1.807, 2.05) is 0 Å². The van der Waals surface area contributed by atoms with Crippen molar-refractivity contribution in [3.63, 3.8) is 0 Å². The number of hydrogen-bond acceptors (Lipinski definition) is 5. The number of rotatable bonds is 6. The SMILES string of the molecule is c1ccc(-c2nc(-c3ccc(-c4ccc5nc(-c6ccc(C78CC9CC(CC(C9)C7)C8)cc6)oc5c4)cc3)nc(C34CC5CC(CC(C5)C3)C4)n2)cc1. The molecule has 6 aromatic rings. The maximum atomic E-state index is 6.43. The van der Waals surface area contributed by atoms with Crippen molar-refractivity contribution in [2.24, 2.45) is 35.5 Å². The van der Waals surface area contributed by atoms with Crippen LogP contribution in [0.25, 0.3) is 56.5 Å². The van der Waals surface area contributed by atoms with E-state index in [-0.39, 0.29) is 5.41 Å². The number of oxazole rings is 1. The molecule has 5 nitrogen and oxygen atoms in total. The molecule has 8 fully saturated rings. The maximum Gasteiger partial charge on any atom is 0.227 e. The number of benzene rings is 4. The molecule has 0 atom stereocenters. The lowest BCUT2D eigenvalue weighted by molar-refractivity contribution is -0.00938. The average Bonchev–Trinajstić information content (AvgIpc) is 3.61.